The third-order valence-electron chi connectivity index (χ3n) is 5.86. The second-order valence-corrected chi connectivity index (χ2v) is 14.4. The predicted molar refractivity (Wildman–Crippen MR) is 162 cm³/mol. The molecule has 200 valence electrons. The van der Waals surface area contributed by atoms with Gasteiger partial charge in [-0.15, -0.1) is 21.5 Å². The Morgan fingerprint density at radius 2 is 1.66 bits per heavy atom. The lowest BCUT2D eigenvalue weighted by molar-refractivity contribution is -0.116. The summed E-state index contributed by atoms with van der Waals surface area (Å²) in [5, 5.41) is 14.6. The van der Waals surface area contributed by atoms with Crippen molar-refractivity contribution < 1.29 is 9.59 Å². The highest BCUT2D eigenvalue weighted by Gasteiger charge is 2.17. The first-order chi connectivity index (χ1) is 18.0. The third kappa shape index (κ3) is 7.34. The summed E-state index contributed by atoms with van der Waals surface area (Å²) in [6.07, 6.45) is 0.427. The van der Waals surface area contributed by atoms with Crippen molar-refractivity contribution in [2.75, 3.05) is 16.4 Å². The summed E-state index contributed by atoms with van der Waals surface area (Å²) in [5.74, 6) is 0.850. The summed E-state index contributed by atoms with van der Waals surface area (Å²) in [5.41, 5.74) is 6.95. The quantitative estimate of drug-likeness (QED) is 0.156. The van der Waals surface area contributed by atoms with Gasteiger partial charge in [0, 0.05) is 17.9 Å². The molecule has 0 aliphatic heterocycles. The van der Waals surface area contributed by atoms with Gasteiger partial charge in [-0.1, -0.05) is 74.7 Å². The molecule has 0 radical (unpaired) electrons. The Kier molecular flexibility index (Phi) is 9.12. The van der Waals surface area contributed by atoms with Crippen molar-refractivity contribution in [2.45, 2.75) is 67.8 Å². The van der Waals surface area contributed by atoms with Gasteiger partial charge in [0.1, 0.15) is 0 Å². The molecule has 0 saturated carbocycles. The van der Waals surface area contributed by atoms with Crippen LogP contribution < -0.4 is 10.6 Å². The SMILES string of the molecule is CCC(=O)Nc1ccc2nc(SCC(=O)Nc3nnc(SCc4c(C)cc(C(C)(C)C)cc4C)s3)sc2c1. The first-order valence-corrected chi connectivity index (χ1v) is 15.8. The summed E-state index contributed by atoms with van der Waals surface area (Å²) in [7, 11) is 0. The standard InChI is InChI=1S/C27H31N5O2S4/c1-7-22(33)28-18-8-9-20-21(12-18)37-25(29-20)36-14-23(34)30-24-31-32-26(38-24)35-13-19-15(2)10-17(11-16(19)3)27(4,5)6/h8-12H,7,13-14H2,1-6H3,(H,28,33)(H,30,31,34). The fraction of sp³-hybridized carbons (Fsp3) is 0.370. The van der Waals surface area contributed by atoms with Gasteiger partial charge >= 0.3 is 0 Å². The molecule has 0 fully saturated rings. The smallest absolute Gasteiger partial charge is 0.236 e. The topological polar surface area (TPSA) is 96.9 Å². The fourth-order valence-corrected chi connectivity index (χ4v) is 7.55. The molecule has 0 atom stereocenters. The van der Waals surface area contributed by atoms with Crippen LogP contribution in [0.1, 0.15) is 56.4 Å². The highest BCUT2D eigenvalue weighted by Crippen LogP contribution is 2.34. The third-order valence-corrected chi connectivity index (χ3v) is 10.0. The number of carbonyl (C=O) groups excluding carboxylic acids is 2. The van der Waals surface area contributed by atoms with Crippen molar-refractivity contribution in [1.29, 1.82) is 0 Å². The van der Waals surface area contributed by atoms with E-state index in [2.05, 4.69) is 72.6 Å². The number of thiazole rings is 1. The monoisotopic (exact) mass is 585 g/mol. The van der Waals surface area contributed by atoms with Gasteiger partial charge in [0.25, 0.3) is 0 Å². The maximum atomic E-state index is 12.5. The summed E-state index contributed by atoms with van der Waals surface area (Å²) in [4.78, 5) is 28.8. The Morgan fingerprint density at radius 3 is 2.34 bits per heavy atom. The molecule has 2 heterocycles. The molecular weight excluding hydrogens is 555 g/mol. The molecule has 4 aromatic rings. The number of nitrogens with one attached hydrogen (secondary N) is 2. The number of rotatable bonds is 9. The van der Waals surface area contributed by atoms with Crippen molar-refractivity contribution in [3.8, 4) is 0 Å². The fourth-order valence-electron chi connectivity index (χ4n) is 3.68. The zero-order valence-electron chi connectivity index (χ0n) is 22.3. The van der Waals surface area contributed by atoms with E-state index < -0.39 is 0 Å². The highest BCUT2D eigenvalue weighted by atomic mass is 32.2. The number of aromatic nitrogens is 3. The number of hydrogen-bond acceptors (Lipinski definition) is 9. The van der Waals surface area contributed by atoms with Crippen LogP contribution in [0.2, 0.25) is 0 Å². The molecule has 11 heteroatoms. The minimum Gasteiger partial charge on any atom is -0.326 e. The van der Waals surface area contributed by atoms with Crippen molar-refractivity contribution in [3.63, 3.8) is 0 Å². The number of hydrogen-bond donors (Lipinski definition) is 2. The molecule has 38 heavy (non-hydrogen) atoms. The molecule has 0 aliphatic rings. The van der Waals surface area contributed by atoms with Gasteiger partial charge in [-0.25, -0.2) is 4.98 Å². The summed E-state index contributed by atoms with van der Waals surface area (Å²) < 4.78 is 2.58. The average molecular weight is 586 g/mol. The average Bonchev–Trinajstić information content (AvgIpc) is 3.47. The number of benzene rings is 2. The van der Waals surface area contributed by atoms with E-state index in [1.54, 1.807) is 11.8 Å². The second kappa shape index (κ2) is 12.1. The van der Waals surface area contributed by atoms with Crippen LogP contribution in [0.5, 0.6) is 0 Å². The molecule has 0 spiro atoms. The predicted octanol–water partition coefficient (Wildman–Crippen LogP) is 7.43. The van der Waals surface area contributed by atoms with E-state index in [9.17, 15) is 9.59 Å². The Labute approximate surface area is 239 Å². The van der Waals surface area contributed by atoms with Crippen molar-refractivity contribution in [1.82, 2.24) is 15.2 Å². The van der Waals surface area contributed by atoms with Crippen LogP contribution in [-0.2, 0) is 20.8 Å². The van der Waals surface area contributed by atoms with Crippen LogP contribution in [0.3, 0.4) is 0 Å². The van der Waals surface area contributed by atoms with E-state index in [-0.39, 0.29) is 23.0 Å². The molecule has 2 amide bonds. The normalized spacial score (nSPS) is 11.6. The summed E-state index contributed by atoms with van der Waals surface area (Å²) >= 11 is 5.90. The number of anilines is 2. The van der Waals surface area contributed by atoms with E-state index >= 15 is 0 Å². The van der Waals surface area contributed by atoms with E-state index in [1.807, 2.05) is 25.1 Å². The molecule has 2 N–H and O–H groups in total. The molecule has 0 bridgehead atoms. The van der Waals surface area contributed by atoms with Crippen molar-refractivity contribution in [3.05, 3.63) is 52.6 Å². The van der Waals surface area contributed by atoms with Crippen LogP contribution >= 0.6 is 46.2 Å². The van der Waals surface area contributed by atoms with Crippen LogP contribution in [0.4, 0.5) is 10.8 Å². The minimum atomic E-state index is -0.151. The van der Waals surface area contributed by atoms with Gasteiger partial charge in [-0.2, -0.15) is 0 Å². The van der Waals surface area contributed by atoms with Crippen LogP contribution in [-0.4, -0.2) is 32.7 Å². The van der Waals surface area contributed by atoms with E-state index in [4.69, 9.17) is 0 Å². The van der Waals surface area contributed by atoms with Gasteiger partial charge < -0.3 is 5.32 Å². The van der Waals surface area contributed by atoms with Crippen molar-refractivity contribution >= 4 is 79.0 Å². The molecule has 4 rings (SSSR count). The van der Waals surface area contributed by atoms with Gasteiger partial charge in [0.05, 0.1) is 16.0 Å². The lowest BCUT2D eigenvalue weighted by Crippen LogP contribution is -2.13. The van der Waals surface area contributed by atoms with Crippen molar-refractivity contribution in [2.24, 2.45) is 0 Å². The largest absolute Gasteiger partial charge is 0.326 e. The Bertz CT molecular complexity index is 1450. The van der Waals surface area contributed by atoms with E-state index in [0.29, 0.717) is 11.6 Å². The Hall–Kier alpha value is -2.47. The Balaban J connectivity index is 1.30. The van der Waals surface area contributed by atoms with Gasteiger partial charge in [0.2, 0.25) is 16.9 Å². The van der Waals surface area contributed by atoms with E-state index in [0.717, 1.165) is 30.3 Å². The van der Waals surface area contributed by atoms with Gasteiger partial charge in [0.15, 0.2) is 8.68 Å². The zero-order valence-corrected chi connectivity index (χ0v) is 25.6. The number of fused-ring (bicyclic) bond motifs is 1. The van der Waals surface area contributed by atoms with Crippen LogP contribution in [0.25, 0.3) is 10.2 Å². The molecule has 2 aromatic heterocycles. The lowest BCUT2D eigenvalue weighted by atomic mass is 9.84. The molecular formula is C27H31N5O2S4. The summed E-state index contributed by atoms with van der Waals surface area (Å²) in [6.45, 7) is 12.8. The number of amides is 2. The second-order valence-electron chi connectivity index (χ2n) is 9.90. The maximum Gasteiger partial charge on any atom is 0.236 e. The zero-order chi connectivity index (χ0) is 27.4. The summed E-state index contributed by atoms with van der Waals surface area (Å²) in [6, 6.07) is 10.2. The molecule has 7 nitrogen and oxygen atoms in total. The van der Waals surface area contributed by atoms with Crippen LogP contribution in [0, 0.1) is 13.8 Å². The van der Waals surface area contributed by atoms with E-state index in [1.165, 1.54) is 56.7 Å². The maximum absolute atomic E-state index is 12.5. The number of aryl methyl sites for hydroxylation is 2. The Morgan fingerprint density at radius 1 is 0.921 bits per heavy atom. The minimum absolute atomic E-state index is 0.0293. The number of thioether (sulfide) groups is 2. The lowest BCUT2D eigenvalue weighted by Gasteiger charge is -2.22. The first kappa shape index (κ1) is 28.5. The highest BCUT2D eigenvalue weighted by molar-refractivity contribution is 8.01. The molecule has 0 saturated heterocycles. The molecule has 0 aliphatic carbocycles. The first-order valence-electron chi connectivity index (χ1n) is 12.2. The molecule has 0 unspecified atom stereocenters. The molecule has 2 aromatic carbocycles. The van der Waals surface area contributed by atoms with Gasteiger partial charge in [-0.3, -0.25) is 14.9 Å². The number of carbonyl (C=O) groups is 2. The van der Waals surface area contributed by atoms with Crippen LogP contribution in [0.15, 0.2) is 39.0 Å². The van der Waals surface area contributed by atoms with Gasteiger partial charge in [-0.05, 0) is 59.7 Å². The number of nitrogens with zero attached hydrogens (tertiary/aromatic N) is 3.